The first-order valence-electron chi connectivity index (χ1n) is 4.99. The third-order valence-electron chi connectivity index (χ3n) is 2.01. The van der Waals surface area contributed by atoms with E-state index in [4.69, 9.17) is 9.94 Å². The lowest BCUT2D eigenvalue weighted by Gasteiger charge is -2.13. The van der Waals surface area contributed by atoms with Gasteiger partial charge in [-0.3, -0.25) is 9.63 Å². The smallest absolute Gasteiger partial charge is 0.323 e. The molecule has 1 atom stereocenters. The van der Waals surface area contributed by atoms with Gasteiger partial charge in [-0.05, 0) is 5.56 Å². The van der Waals surface area contributed by atoms with Crippen LogP contribution < -0.4 is 5.48 Å². The summed E-state index contributed by atoms with van der Waals surface area (Å²) in [5.41, 5.74) is 3.45. The van der Waals surface area contributed by atoms with Crippen LogP contribution >= 0.6 is 0 Å². The molecule has 86 valence electrons. The van der Waals surface area contributed by atoms with E-state index in [2.05, 4.69) is 12.1 Å². The summed E-state index contributed by atoms with van der Waals surface area (Å²) < 4.78 is 0. The zero-order valence-electron chi connectivity index (χ0n) is 8.93. The van der Waals surface area contributed by atoms with Crippen molar-refractivity contribution in [3.63, 3.8) is 0 Å². The second-order valence-corrected chi connectivity index (χ2v) is 3.30. The van der Waals surface area contributed by atoms with Crippen molar-refractivity contribution in [2.45, 2.75) is 12.5 Å². The fourth-order valence-corrected chi connectivity index (χ4v) is 1.24. The molecule has 16 heavy (non-hydrogen) atoms. The molecule has 4 nitrogen and oxygen atoms in total. The molecule has 4 heteroatoms. The number of benzene rings is 1. The first-order valence-corrected chi connectivity index (χ1v) is 4.99. The quantitative estimate of drug-likeness (QED) is 0.415. The van der Waals surface area contributed by atoms with Gasteiger partial charge in [0.25, 0.3) is 0 Å². The lowest BCUT2D eigenvalue weighted by atomic mass is 10.1. The van der Waals surface area contributed by atoms with E-state index in [1.54, 1.807) is 6.08 Å². The van der Waals surface area contributed by atoms with Crippen LogP contribution in [0, 0.1) is 0 Å². The molecule has 0 radical (unpaired) electrons. The van der Waals surface area contributed by atoms with Gasteiger partial charge in [0.15, 0.2) is 0 Å². The monoisotopic (exact) mass is 221 g/mol. The average Bonchev–Trinajstić information content (AvgIpc) is 2.29. The molecule has 1 aromatic carbocycles. The van der Waals surface area contributed by atoms with Gasteiger partial charge in [-0.2, -0.15) is 5.48 Å². The molecule has 0 aromatic heterocycles. The number of carboxylic acid groups (broad SMARTS) is 1. The summed E-state index contributed by atoms with van der Waals surface area (Å²) >= 11 is 0. The maximum absolute atomic E-state index is 10.9. The van der Waals surface area contributed by atoms with Crippen LogP contribution in [0.5, 0.6) is 0 Å². The molecule has 0 aliphatic heterocycles. The van der Waals surface area contributed by atoms with Gasteiger partial charge in [-0.25, -0.2) is 0 Å². The van der Waals surface area contributed by atoms with Crippen molar-refractivity contribution in [3.8, 4) is 0 Å². The van der Waals surface area contributed by atoms with Gasteiger partial charge in [0.05, 0.1) is 6.61 Å². The fourth-order valence-electron chi connectivity index (χ4n) is 1.24. The predicted molar refractivity (Wildman–Crippen MR) is 60.9 cm³/mol. The maximum atomic E-state index is 10.9. The Morgan fingerprint density at radius 3 is 2.75 bits per heavy atom. The first-order chi connectivity index (χ1) is 7.74. The SMILES string of the molecule is C=CCON[C@@H](Cc1ccccc1)C(=O)O. The Morgan fingerprint density at radius 1 is 1.50 bits per heavy atom. The largest absolute Gasteiger partial charge is 0.480 e. The second-order valence-electron chi connectivity index (χ2n) is 3.30. The first kappa shape index (κ1) is 12.4. The third-order valence-corrected chi connectivity index (χ3v) is 2.01. The number of carboxylic acids is 1. The van der Waals surface area contributed by atoms with Crippen molar-refractivity contribution in [1.82, 2.24) is 5.48 Å². The number of rotatable bonds is 7. The van der Waals surface area contributed by atoms with Crippen molar-refractivity contribution in [3.05, 3.63) is 48.6 Å². The van der Waals surface area contributed by atoms with Gasteiger partial charge in [0.1, 0.15) is 6.04 Å². The van der Waals surface area contributed by atoms with Crippen LogP contribution in [0.3, 0.4) is 0 Å². The molecule has 0 saturated carbocycles. The molecule has 1 rings (SSSR count). The Morgan fingerprint density at radius 2 is 2.19 bits per heavy atom. The van der Waals surface area contributed by atoms with Gasteiger partial charge in [-0.1, -0.05) is 36.4 Å². The Bertz CT molecular complexity index is 337. The number of hydroxylamine groups is 1. The highest BCUT2D eigenvalue weighted by atomic mass is 16.6. The lowest BCUT2D eigenvalue weighted by molar-refractivity contribution is -0.143. The van der Waals surface area contributed by atoms with Crippen LogP contribution in [-0.4, -0.2) is 23.7 Å². The van der Waals surface area contributed by atoms with Crippen LogP contribution in [0.15, 0.2) is 43.0 Å². The van der Waals surface area contributed by atoms with E-state index in [0.717, 1.165) is 5.56 Å². The molecule has 0 heterocycles. The highest BCUT2D eigenvalue weighted by Gasteiger charge is 2.17. The number of hydrogen-bond donors (Lipinski definition) is 2. The van der Waals surface area contributed by atoms with Crippen LogP contribution in [-0.2, 0) is 16.1 Å². The van der Waals surface area contributed by atoms with Crippen LogP contribution in [0.1, 0.15) is 5.56 Å². The molecule has 0 bridgehead atoms. The molecular formula is C12H15NO3. The Kier molecular flexibility index (Phi) is 5.25. The normalized spacial score (nSPS) is 12.0. The van der Waals surface area contributed by atoms with E-state index in [0.29, 0.717) is 6.42 Å². The molecular weight excluding hydrogens is 206 g/mol. The number of carbonyl (C=O) groups is 1. The average molecular weight is 221 g/mol. The highest BCUT2D eigenvalue weighted by molar-refractivity contribution is 5.73. The van der Waals surface area contributed by atoms with E-state index >= 15 is 0 Å². The zero-order valence-corrected chi connectivity index (χ0v) is 8.93. The minimum absolute atomic E-state index is 0.276. The van der Waals surface area contributed by atoms with E-state index in [1.807, 2.05) is 30.3 Å². The molecule has 0 aliphatic rings. The Labute approximate surface area is 94.5 Å². The number of hydrogen-bond acceptors (Lipinski definition) is 3. The van der Waals surface area contributed by atoms with Crippen molar-refractivity contribution in [1.29, 1.82) is 0 Å². The second kappa shape index (κ2) is 6.76. The van der Waals surface area contributed by atoms with Crippen molar-refractivity contribution in [2.75, 3.05) is 6.61 Å². The summed E-state index contributed by atoms with van der Waals surface area (Å²) in [7, 11) is 0. The van der Waals surface area contributed by atoms with Crippen molar-refractivity contribution in [2.24, 2.45) is 0 Å². The Hall–Kier alpha value is -1.65. The predicted octanol–water partition coefficient (Wildman–Crippen LogP) is 1.39. The minimum Gasteiger partial charge on any atom is -0.480 e. The van der Waals surface area contributed by atoms with E-state index in [1.165, 1.54) is 0 Å². The van der Waals surface area contributed by atoms with Crippen molar-refractivity contribution >= 4 is 5.97 Å². The number of aliphatic carboxylic acids is 1. The van der Waals surface area contributed by atoms with Crippen LogP contribution in [0.2, 0.25) is 0 Å². The maximum Gasteiger partial charge on any atom is 0.323 e. The highest BCUT2D eigenvalue weighted by Crippen LogP contribution is 2.03. The van der Waals surface area contributed by atoms with E-state index in [-0.39, 0.29) is 6.61 Å². The molecule has 0 spiro atoms. The van der Waals surface area contributed by atoms with Gasteiger partial charge in [-0.15, -0.1) is 6.58 Å². The summed E-state index contributed by atoms with van der Waals surface area (Å²) in [4.78, 5) is 15.9. The lowest BCUT2D eigenvalue weighted by Crippen LogP contribution is -2.38. The molecule has 0 amide bonds. The topological polar surface area (TPSA) is 58.6 Å². The van der Waals surface area contributed by atoms with Crippen molar-refractivity contribution < 1.29 is 14.7 Å². The fraction of sp³-hybridized carbons (Fsp3) is 0.250. The zero-order chi connectivity index (χ0) is 11.8. The third kappa shape index (κ3) is 4.25. The standard InChI is InChI=1S/C12H15NO3/c1-2-8-16-13-11(12(14)15)9-10-6-4-3-5-7-10/h2-7,11,13H,1,8-9H2,(H,14,15)/t11-/m0/s1. The van der Waals surface area contributed by atoms with Gasteiger partial charge in [0.2, 0.25) is 0 Å². The van der Waals surface area contributed by atoms with Crippen LogP contribution in [0.25, 0.3) is 0 Å². The Balaban J connectivity index is 2.51. The van der Waals surface area contributed by atoms with Gasteiger partial charge >= 0.3 is 5.97 Å². The molecule has 2 N–H and O–H groups in total. The molecule has 0 aliphatic carbocycles. The van der Waals surface area contributed by atoms with E-state index in [9.17, 15) is 4.79 Å². The molecule has 1 aromatic rings. The van der Waals surface area contributed by atoms with Crippen LogP contribution in [0.4, 0.5) is 0 Å². The number of nitrogens with one attached hydrogen (secondary N) is 1. The summed E-state index contributed by atoms with van der Waals surface area (Å²) in [6, 6.07) is 8.65. The summed E-state index contributed by atoms with van der Waals surface area (Å²) in [5, 5.41) is 8.97. The van der Waals surface area contributed by atoms with E-state index < -0.39 is 12.0 Å². The molecule has 0 saturated heterocycles. The van der Waals surface area contributed by atoms with Gasteiger partial charge in [0, 0.05) is 6.42 Å². The summed E-state index contributed by atoms with van der Waals surface area (Å²) in [5.74, 6) is -0.937. The molecule has 0 fully saturated rings. The summed E-state index contributed by atoms with van der Waals surface area (Å²) in [6.07, 6.45) is 1.93. The molecule has 0 unspecified atom stereocenters. The summed E-state index contributed by atoms with van der Waals surface area (Å²) in [6.45, 7) is 3.75. The van der Waals surface area contributed by atoms with Gasteiger partial charge < -0.3 is 5.11 Å². The minimum atomic E-state index is -0.937.